The van der Waals surface area contributed by atoms with Crippen LogP contribution >= 0.6 is 11.3 Å². The second-order valence-electron chi connectivity index (χ2n) is 5.59. The molecule has 1 aliphatic heterocycles. The highest BCUT2D eigenvalue weighted by Crippen LogP contribution is 2.36. The van der Waals surface area contributed by atoms with Gasteiger partial charge >= 0.3 is 0 Å². The Morgan fingerprint density at radius 1 is 1.17 bits per heavy atom. The number of rotatable bonds is 6. The maximum atomic E-state index is 5.65. The van der Waals surface area contributed by atoms with Gasteiger partial charge in [-0.25, -0.2) is 0 Å². The highest BCUT2D eigenvalue weighted by atomic mass is 32.1. The molecule has 124 valence electrons. The van der Waals surface area contributed by atoms with E-state index >= 15 is 0 Å². The van der Waals surface area contributed by atoms with Crippen molar-refractivity contribution in [1.29, 1.82) is 0 Å². The van der Waals surface area contributed by atoms with Crippen LogP contribution in [-0.4, -0.2) is 44.8 Å². The molecule has 0 bridgehead atoms. The molecule has 0 aliphatic carbocycles. The molecule has 4 nitrogen and oxygen atoms in total. The second-order valence-corrected chi connectivity index (χ2v) is 6.37. The molecular formula is C18H24N2O2S. The summed E-state index contributed by atoms with van der Waals surface area (Å²) in [4.78, 5) is 2.54. The maximum absolute atomic E-state index is 5.65. The van der Waals surface area contributed by atoms with Gasteiger partial charge in [-0.3, -0.25) is 4.90 Å². The number of hydrogen-bond acceptors (Lipinski definition) is 5. The van der Waals surface area contributed by atoms with Gasteiger partial charge in [-0.05, 0) is 47.0 Å². The van der Waals surface area contributed by atoms with Gasteiger partial charge in [0.2, 0.25) is 0 Å². The molecular weight excluding hydrogens is 308 g/mol. The van der Waals surface area contributed by atoms with E-state index in [9.17, 15) is 0 Å². The van der Waals surface area contributed by atoms with Crippen LogP contribution in [0.2, 0.25) is 0 Å². The van der Waals surface area contributed by atoms with Crippen LogP contribution in [-0.2, 0) is 0 Å². The van der Waals surface area contributed by atoms with E-state index in [0.29, 0.717) is 6.61 Å². The molecule has 1 unspecified atom stereocenters. The van der Waals surface area contributed by atoms with E-state index in [1.807, 2.05) is 13.0 Å². The number of thiophene rings is 1. The van der Waals surface area contributed by atoms with Crippen LogP contribution in [0.25, 0.3) is 0 Å². The molecule has 1 aromatic carbocycles. The second kappa shape index (κ2) is 7.81. The van der Waals surface area contributed by atoms with E-state index in [2.05, 4.69) is 39.2 Å². The summed E-state index contributed by atoms with van der Waals surface area (Å²) in [6, 6.07) is 8.81. The normalized spacial score (nSPS) is 17.0. The summed E-state index contributed by atoms with van der Waals surface area (Å²) in [5.41, 5.74) is 2.61. The third kappa shape index (κ3) is 3.68. The molecule has 1 atom stereocenters. The van der Waals surface area contributed by atoms with Gasteiger partial charge in [0.25, 0.3) is 0 Å². The minimum atomic E-state index is 0.271. The first kappa shape index (κ1) is 16.3. The molecule has 0 spiro atoms. The molecule has 1 saturated heterocycles. The van der Waals surface area contributed by atoms with Crippen LogP contribution < -0.4 is 14.8 Å². The van der Waals surface area contributed by atoms with Crippen LogP contribution in [0.4, 0.5) is 0 Å². The fourth-order valence-corrected chi connectivity index (χ4v) is 3.79. The van der Waals surface area contributed by atoms with Crippen LogP contribution in [0.5, 0.6) is 11.5 Å². The molecule has 1 aliphatic rings. The number of nitrogens with zero attached hydrogens (tertiary/aromatic N) is 1. The van der Waals surface area contributed by atoms with Crippen molar-refractivity contribution in [2.75, 3.05) is 39.9 Å². The number of benzene rings is 1. The summed E-state index contributed by atoms with van der Waals surface area (Å²) < 4.78 is 11.2. The molecule has 1 N–H and O–H groups in total. The van der Waals surface area contributed by atoms with Crippen LogP contribution in [0, 0.1) is 0 Å². The maximum Gasteiger partial charge on any atom is 0.161 e. The Labute approximate surface area is 142 Å². The molecule has 3 rings (SSSR count). The van der Waals surface area contributed by atoms with E-state index < -0.39 is 0 Å². The third-order valence-corrected chi connectivity index (χ3v) is 4.88. The van der Waals surface area contributed by atoms with E-state index in [0.717, 1.165) is 37.7 Å². The van der Waals surface area contributed by atoms with Crippen molar-refractivity contribution >= 4 is 11.3 Å². The van der Waals surface area contributed by atoms with Crippen molar-refractivity contribution in [2.45, 2.75) is 13.0 Å². The minimum Gasteiger partial charge on any atom is -0.493 e. The average Bonchev–Trinajstić information content (AvgIpc) is 3.11. The predicted octanol–water partition coefficient (Wildman–Crippen LogP) is 3.15. The van der Waals surface area contributed by atoms with Crippen molar-refractivity contribution in [3.8, 4) is 11.5 Å². The zero-order chi connectivity index (χ0) is 16.1. The molecule has 23 heavy (non-hydrogen) atoms. The van der Waals surface area contributed by atoms with Gasteiger partial charge < -0.3 is 14.8 Å². The van der Waals surface area contributed by atoms with Gasteiger partial charge in [-0.2, -0.15) is 11.3 Å². The zero-order valence-corrected chi connectivity index (χ0v) is 14.6. The van der Waals surface area contributed by atoms with E-state index in [-0.39, 0.29) is 6.04 Å². The standard InChI is InChI=1S/C18H24N2O2S/c1-3-22-16-5-4-14(12-17(16)21-2)18(15-6-11-23-13-15)20-9-7-19-8-10-20/h4-6,11-13,18-19H,3,7-10H2,1-2H3. The van der Waals surface area contributed by atoms with Crippen LogP contribution in [0.3, 0.4) is 0 Å². The monoisotopic (exact) mass is 332 g/mol. The summed E-state index contributed by atoms with van der Waals surface area (Å²) in [6.07, 6.45) is 0. The lowest BCUT2D eigenvalue weighted by Gasteiger charge is -2.35. The largest absolute Gasteiger partial charge is 0.493 e. The Bertz CT molecular complexity index is 609. The van der Waals surface area contributed by atoms with Gasteiger partial charge in [0.1, 0.15) is 0 Å². The Hall–Kier alpha value is -1.56. The SMILES string of the molecule is CCOc1ccc(C(c2ccsc2)N2CCNCC2)cc1OC. The third-order valence-electron chi connectivity index (χ3n) is 4.18. The van der Waals surface area contributed by atoms with Crippen molar-refractivity contribution in [3.63, 3.8) is 0 Å². The first-order valence-corrected chi connectivity index (χ1v) is 9.05. The Kier molecular flexibility index (Phi) is 5.54. The van der Waals surface area contributed by atoms with Gasteiger partial charge in [-0.1, -0.05) is 6.07 Å². The Morgan fingerprint density at radius 2 is 2.00 bits per heavy atom. The Morgan fingerprint density at radius 3 is 2.65 bits per heavy atom. The van der Waals surface area contributed by atoms with Gasteiger partial charge in [0.05, 0.1) is 19.8 Å². The number of hydrogen-bond donors (Lipinski definition) is 1. The van der Waals surface area contributed by atoms with E-state index in [1.165, 1.54) is 11.1 Å². The number of ether oxygens (including phenoxy) is 2. The summed E-state index contributed by atoms with van der Waals surface area (Å²) in [5, 5.41) is 7.83. The average molecular weight is 332 g/mol. The molecule has 0 radical (unpaired) electrons. The Balaban J connectivity index is 1.96. The molecule has 1 fully saturated rings. The highest BCUT2D eigenvalue weighted by Gasteiger charge is 2.25. The number of piperazine rings is 1. The first-order valence-electron chi connectivity index (χ1n) is 8.11. The van der Waals surface area contributed by atoms with E-state index in [1.54, 1.807) is 18.4 Å². The number of nitrogens with one attached hydrogen (secondary N) is 1. The van der Waals surface area contributed by atoms with Crippen LogP contribution in [0.15, 0.2) is 35.0 Å². The van der Waals surface area contributed by atoms with Crippen molar-refractivity contribution in [1.82, 2.24) is 10.2 Å². The van der Waals surface area contributed by atoms with Crippen molar-refractivity contribution in [3.05, 3.63) is 46.2 Å². The molecule has 1 aromatic heterocycles. The van der Waals surface area contributed by atoms with Crippen molar-refractivity contribution in [2.24, 2.45) is 0 Å². The lowest BCUT2D eigenvalue weighted by molar-refractivity contribution is 0.198. The van der Waals surface area contributed by atoms with Crippen LogP contribution in [0.1, 0.15) is 24.1 Å². The zero-order valence-electron chi connectivity index (χ0n) is 13.7. The molecule has 5 heteroatoms. The fraction of sp³-hybridized carbons (Fsp3) is 0.444. The lowest BCUT2D eigenvalue weighted by atomic mass is 9.98. The smallest absolute Gasteiger partial charge is 0.161 e. The topological polar surface area (TPSA) is 33.7 Å². The van der Waals surface area contributed by atoms with Gasteiger partial charge in [-0.15, -0.1) is 0 Å². The van der Waals surface area contributed by atoms with Gasteiger partial charge in [0.15, 0.2) is 11.5 Å². The molecule has 0 amide bonds. The van der Waals surface area contributed by atoms with Crippen molar-refractivity contribution < 1.29 is 9.47 Å². The summed E-state index contributed by atoms with van der Waals surface area (Å²) in [7, 11) is 1.70. The first-order chi connectivity index (χ1) is 11.3. The highest BCUT2D eigenvalue weighted by molar-refractivity contribution is 7.08. The summed E-state index contributed by atoms with van der Waals surface area (Å²) >= 11 is 1.75. The minimum absolute atomic E-state index is 0.271. The molecule has 2 aromatic rings. The molecule has 2 heterocycles. The lowest BCUT2D eigenvalue weighted by Crippen LogP contribution is -2.45. The number of methoxy groups -OCH3 is 1. The quantitative estimate of drug-likeness (QED) is 0.881. The van der Waals surface area contributed by atoms with Gasteiger partial charge in [0, 0.05) is 26.2 Å². The molecule has 0 saturated carbocycles. The van der Waals surface area contributed by atoms with E-state index in [4.69, 9.17) is 9.47 Å². The predicted molar refractivity (Wildman–Crippen MR) is 94.8 cm³/mol. The summed E-state index contributed by atoms with van der Waals surface area (Å²) in [5.74, 6) is 1.61. The fourth-order valence-electron chi connectivity index (χ4n) is 3.11. The summed E-state index contributed by atoms with van der Waals surface area (Å²) in [6.45, 7) is 6.80.